The molecular weight excluding hydrogens is 208 g/mol. The summed E-state index contributed by atoms with van der Waals surface area (Å²) in [6.07, 6.45) is 6.24. The van der Waals surface area contributed by atoms with E-state index in [1.54, 1.807) is 6.20 Å². The maximum Gasteiger partial charge on any atom is 0.168 e. The van der Waals surface area contributed by atoms with Crippen LogP contribution in [0.1, 0.15) is 36.0 Å². The quantitative estimate of drug-likeness (QED) is 0.777. The number of carbonyl (C=O) groups is 1. The second-order valence-corrected chi connectivity index (χ2v) is 5.24. The summed E-state index contributed by atoms with van der Waals surface area (Å²) in [6.45, 7) is 0. The highest BCUT2D eigenvalue weighted by molar-refractivity contribution is 7.03. The zero-order valence-electron chi connectivity index (χ0n) is 8.48. The maximum atomic E-state index is 12.1. The molecule has 1 aromatic heterocycles. The maximum absolute atomic E-state index is 12.1. The number of carbonyl (C=O) groups excluding carboxylic acids is 1. The highest BCUT2D eigenvalue weighted by Gasteiger charge is 2.36. The molecule has 2 fully saturated rings. The van der Waals surface area contributed by atoms with Gasteiger partial charge in [0.05, 0.1) is 6.20 Å². The first-order valence-corrected chi connectivity index (χ1v) is 6.36. The van der Waals surface area contributed by atoms with E-state index in [9.17, 15) is 4.79 Å². The zero-order chi connectivity index (χ0) is 10.3. The van der Waals surface area contributed by atoms with Crippen molar-refractivity contribution < 1.29 is 4.79 Å². The summed E-state index contributed by atoms with van der Waals surface area (Å²) < 4.78 is 4.00. The lowest BCUT2D eigenvalue weighted by Crippen LogP contribution is -2.40. The molecule has 3 rings (SSSR count). The molecule has 15 heavy (non-hydrogen) atoms. The van der Waals surface area contributed by atoms with Crippen LogP contribution in [0, 0.1) is 5.92 Å². The molecule has 2 bridgehead atoms. The topological polar surface area (TPSA) is 42.0 Å². The van der Waals surface area contributed by atoms with E-state index in [-0.39, 0.29) is 5.92 Å². The molecule has 4 heteroatoms. The molecule has 2 aliphatic rings. The number of nitrogens with zero attached hydrogens (tertiary/aromatic N) is 1. The zero-order valence-corrected chi connectivity index (χ0v) is 9.30. The summed E-state index contributed by atoms with van der Waals surface area (Å²) in [4.78, 5) is 12.1. The van der Waals surface area contributed by atoms with Crippen molar-refractivity contribution >= 4 is 17.3 Å². The number of ketones is 1. The molecule has 0 aliphatic carbocycles. The molecule has 0 aromatic carbocycles. The second-order valence-electron chi connectivity index (χ2n) is 4.58. The van der Waals surface area contributed by atoms with Crippen LogP contribution in [0.15, 0.2) is 11.6 Å². The van der Waals surface area contributed by atoms with Crippen LogP contribution in [0.5, 0.6) is 0 Å². The largest absolute Gasteiger partial charge is 0.311 e. The van der Waals surface area contributed by atoms with E-state index in [4.69, 9.17) is 0 Å². The highest BCUT2D eigenvalue weighted by Crippen LogP contribution is 2.32. The molecular formula is C11H14N2OS. The Balaban J connectivity index is 1.75. The Hall–Kier alpha value is -0.740. The summed E-state index contributed by atoms with van der Waals surface area (Å²) in [5.41, 5.74) is 0.811. The fourth-order valence-electron chi connectivity index (χ4n) is 2.83. The number of hydrogen-bond acceptors (Lipinski definition) is 4. The first-order chi connectivity index (χ1) is 7.33. The third-order valence-electron chi connectivity index (χ3n) is 3.56. The van der Waals surface area contributed by atoms with Crippen LogP contribution in [-0.2, 0) is 0 Å². The van der Waals surface area contributed by atoms with Crippen LogP contribution in [0.2, 0.25) is 0 Å². The molecule has 1 N–H and O–H groups in total. The van der Waals surface area contributed by atoms with Gasteiger partial charge >= 0.3 is 0 Å². The summed E-state index contributed by atoms with van der Waals surface area (Å²) in [5, 5.41) is 5.42. The normalized spacial score (nSPS) is 34.3. The van der Waals surface area contributed by atoms with E-state index in [2.05, 4.69) is 9.69 Å². The van der Waals surface area contributed by atoms with Crippen molar-refractivity contribution in [3.63, 3.8) is 0 Å². The lowest BCUT2D eigenvalue weighted by atomic mass is 9.87. The third kappa shape index (κ3) is 1.72. The summed E-state index contributed by atoms with van der Waals surface area (Å²) in [7, 11) is 0. The van der Waals surface area contributed by atoms with Crippen LogP contribution < -0.4 is 5.32 Å². The molecule has 2 aliphatic heterocycles. The standard InChI is InChI=1S/C11H14N2OS/c14-11(8-5-12-15-6-8)7-3-9-1-2-10(4-7)13-9/h5-7,9-10,13H,1-4H2. The van der Waals surface area contributed by atoms with Gasteiger partial charge in [-0.15, -0.1) is 0 Å². The smallest absolute Gasteiger partial charge is 0.168 e. The Kier molecular flexibility index (Phi) is 2.33. The Labute approximate surface area is 93.1 Å². The minimum absolute atomic E-state index is 0.236. The SMILES string of the molecule is O=C(c1cnsc1)C1CC2CCC(C1)N2. The van der Waals surface area contributed by atoms with Crippen LogP contribution in [0.25, 0.3) is 0 Å². The molecule has 1 aromatic rings. The van der Waals surface area contributed by atoms with Crippen molar-refractivity contribution in [2.75, 3.05) is 0 Å². The first kappa shape index (κ1) is 9.48. The van der Waals surface area contributed by atoms with Gasteiger partial charge in [-0.25, -0.2) is 4.37 Å². The van der Waals surface area contributed by atoms with Crippen LogP contribution >= 0.6 is 11.5 Å². The minimum atomic E-state index is 0.236. The van der Waals surface area contributed by atoms with Gasteiger partial charge < -0.3 is 5.32 Å². The average molecular weight is 222 g/mol. The van der Waals surface area contributed by atoms with Gasteiger partial charge in [0.2, 0.25) is 0 Å². The molecule has 3 nitrogen and oxygen atoms in total. The molecule has 0 spiro atoms. The van der Waals surface area contributed by atoms with E-state index in [1.165, 1.54) is 24.4 Å². The van der Waals surface area contributed by atoms with Gasteiger partial charge in [0.25, 0.3) is 0 Å². The second kappa shape index (κ2) is 3.68. The van der Waals surface area contributed by atoms with Crippen LogP contribution in [0.4, 0.5) is 0 Å². The fraction of sp³-hybridized carbons (Fsp3) is 0.636. The Morgan fingerprint density at radius 1 is 1.40 bits per heavy atom. The Bertz CT molecular complexity index is 351. The first-order valence-electron chi connectivity index (χ1n) is 5.52. The summed E-state index contributed by atoms with van der Waals surface area (Å²) in [6, 6.07) is 1.17. The van der Waals surface area contributed by atoms with Crippen molar-refractivity contribution in [3.8, 4) is 0 Å². The van der Waals surface area contributed by atoms with Gasteiger partial charge in [0, 0.05) is 28.9 Å². The number of hydrogen-bond donors (Lipinski definition) is 1. The Morgan fingerprint density at radius 3 is 2.73 bits per heavy atom. The monoisotopic (exact) mass is 222 g/mol. The molecule has 0 radical (unpaired) electrons. The van der Waals surface area contributed by atoms with Crippen LogP contribution in [-0.4, -0.2) is 22.2 Å². The number of piperidine rings is 1. The molecule has 2 atom stereocenters. The molecule has 3 heterocycles. The summed E-state index contributed by atoms with van der Waals surface area (Å²) in [5.74, 6) is 0.544. The molecule has 80 valence electrons. The van der Waals surface area contributed by atoms with Gasteiger partial charge in [-0.1, -0.05) is 0 Å². The van der Waals surface area contributed by atoms with Crippen molar-refractivity contribution in [1.82, 2.24) is 9.69 Å². The van der Waals surface area contributed by atoms with Crippen molar-refractivity contribution in [2.24, 2.45) is 5.92 Å². The minimum Gasteiger partial charge on any atom is -0.311 e. The van der Waals surface area contributed by atoms with E-state index >= 15 is 0 Å². The van der Waals surface area contributed by atoms with Crippen molar-refractivity contribution in [1.29, 1.82) is 0 Å². The van der Waals surface area contributed by atoms with Gasteiger partial charge in [0.1, 0.15) is 0 Å². The summed E-state index contributed by atoms with van der Waals surface area (Å²) >= 11 is 1.36. The number of nitrogens with one attached hydrogen (secondary N) is 1. The molecule has 2 unspecified atom stereocenters. The lowest BCUT2D eigenvalue weighted by Gasteiger charge is -2.27. The molecule has 0 saturated carbocycles. The number of fused-ring (bicyclic) bond motifs is 2. The number of Topliss-reactive ketones (excluding diaryl/α,β-unsaturated/α-hetero) is 1. The predicted octanol–water partition coefficient (Wildman–Crippen LogP) is 1.86. The van der Waals surface area contributed by atoms with Gasteiger partial charge in [-0.3, -0.25) is 4.79 Å². The lowest BCUT2D eigenvalue weighted by molar-refractivity contribution is 0.0876. The molecule has 2 saturated heterocycles. The number of aromatic nitrogens is 1. The van der Waals surface area contributed by atoms with Gasteiger partial charge in [0.15, 0.2) is 5.78 Å². The average Bonchev–Trinajstić information content (AvgIpc) is 2.87. The number of rotatable bonds is 2. The Morgan fingerprint density at radius 2 is 2.13 bits per heavy atom. The van der Waals surface area contributed by atoms with E-state index in [1.807, 2.05) is 5.38 Å². The van der Waals surface area contributed by atoms with E-state index in [0.29, 0.717) is 17.9 Å². The highest BCUT2D eigenvalue weighted by atomic mass is 32.1. The predicted molar refractivity (Wildman–Crippen MR) is 59.1 cm³/mol. The van der Waals surface area contributed by atoms with Crippen LogP contribution in [0.3, 0.4) is 0 Å². The van der Waals surface area contributed by atoms with Crippen molar-refractivity contribution in [2.45, 2.75) is 37.8 Å². The van der Waals surface area contributed by atoms with Gasteiger partial charge in [-0.2, -0.15) is 0 Å². The van der Waals surface area contributed by atoms with Gasteiger partial charge in [-0.05, 0) is 37.2 Å². The molecule has 0 amide bonds. The third-order valence-corrected chi connectivity index (χ3v) is 4.15. The van der Waals surface area contributed by atoms with E-state index < -0.39 is 0 Å². The van der Waals surface area contributed by atoms with E-state index in [0.717, 1.165) is 18.4 Å². The fourth-order valence-corrected chi connectivity index (χ4v) is 3.36. The van der Waals surface area contributed by atoms with Crippen molar-refractivity contribution in [3.05, 3.63) is 17.1 Å².